The van der Waals surface area contributed by atoms with Gasteiger partial charge in [0.25, 0.3) is 0 Å². The van der Waals surface area contributed by atoms with Crippen molar-refractivity contribution in [1.29, 1.82) is 0 Å². The Morgan fingerprint density at radius 1 is 1.11 bits per heavy atom. The molecule has 0 spiro atoms. The van der Waals surface area contributed by atoms with Crippen molar-refractivity contribution in [1.82, 2.24) is 5.32 Å². The third-order valence-electron chi connectivity index (χ3n) is 3.95. The zero-order chi connectivity index (χ0) is 13.0. The lowest BCUT2D eigenvalue weighted by atomic mass is 9.95. The van der Waals surface area contributed by atoms with Gasteiger partial charge in [0.2, 0.25) is 5.91 Å². The molecule has 18 heavy (non-hydrogen) atoms. The molecule has 2 N–H and O–H groups in total. The molecule has 5 nitrogen and oxygen atoms in total. The minimum absolute atomic E-state index is 0.104. The number of hydrogen-bond acceptors (Lipinski definition) is 3. The van der Waals surface area contributed by atoms with Crippen LogP contribution in [0.2, 0.25) is 0 Å². The molecule has 102 valence electrons. The fourth-order valence-electron chi connectivity index (χ4n) is 2.88. The van der Waals surface area contributed by atoms with Gasteiger partial charge in [0.1, 0.15) is 0 Å². The Hall–Kier alpha value is -1.10. The summed E-state index contributed by atoms with van der Waals surface area (Å²) in [6.07, 6.45) is 5.45. The summed E-state index contributed by atoms with van der Waals surface area (Å²) in [4.78, 5) is 23.0. The second-order valence-electron chi connectivity index (χ2n) is 5.22. The van der Waals surface area contributed by atoms with Gasteiger partial charge in [-0.3, -0.25) is 9.59 Å². The third kappa shape index (κ3) is 3.22. The maximum atomic E-state index is 12.0. The van der Waals surface area contributed by atoms with Crippen LogP contribution in [0.25, 0.3) is 0 Å². The molecule has 0 aromatic rings. The second-order valence-corrected chi connectivity index (χ2v) is 5.22. The zero-order valence-electron chi connectivity index (χ0n) is 10.6. The number of aliphatic carboxylic acids is 1. The Balaban J connectivity index is 1.78. The van der Waals surface area contributed by atoms with Crippen molar-refractivity contribution in [3.63, 3.8) is 0 Å². The van der Waals surface area contributed by atoms with E-state index < -0.39 is 11.9 Å². The highest BCUT2D eigenvalue weighted by atomic mass is 16.5. The third-order valence-corrected chi connectivity index (χ3v) is 3.95. The van der Waals surface area contributed by atoms with E-state index in [4.69, 9.17) is 9.84 Å². The molecule has 2 aliphatic rings. The molecule has 1 aliphatic heterocycles. The number of amides is 1. The summed E-state index contributed by atoms with van der Waals surface area (Å²) in [6, 6.07) is 0. The van der Waals surface area contributed by atoms with Crippen LogP contribution in [0.1, 0.15) is 38.5 Å². The number of carbonyl (C=O) groups excluding carboxylic acids is 1. The van der Waals surface area contributed by atoms with Crippen LogP contribution >= 0.6 is 0 Å². The molecule has 0 aromatic carbocycles. The molecule has 0 radical (unpaired) electrons. The average Bonchev–Trinajstić information content (AvgIpc) is 2.86. The van der Waals surface area contributed by atoms with E-state index in [0.29, 0.717) is 19.4 Å². The van der Waals surface area contributed by atoms with E-state index in [1.807, 2.05) is 0 Å². The Labute approximate surface area is 107 Å². The Morgan fingerprint density at radius 3 is 2.56 bits per heavy atom. The largest absolute Gasteiger partial charge is 0.481 e. The van der Waals surface area contributed by atoms with Crippen LogP contribution in [0.3, 0.4) is 0 Å². The van der Waals surface area contributed by atoms with Crippen molar-refractivity contribution in [2.24, 2.45) is 11.8 Å². The number of nitrogens with one attached hydrogen (secondary N) is 1. The summed E-state index contributed by atoms with van der Waals surface area (Å²) in [6.45, 7) is 1.28. The van der Waals surface area contributed by atoms with E-state index in [1.54, 1.807) is 0 Å². The van der Waals surface area contributed by atoms with Crippen molar-refractivity contribution in [2.75, 3.05) is 13.2 Å². The molecule has 1 aliphatic carbocycles. The quantitative estimate of drug-likeness (QED) is 0.790. The van der Waals surface area contributed by atoms with Crippen LogP contribution in [0.15, 0.2) is 0 Å². The molecule has 3 unspecified atom stereocenters. The molecular formula is C13H21NO4. The fourth-order valence-corrected chi connectivity index (χ4v) is 2.88. The highest BCUT2D eigenvalue weighted by Crippen LogP contribution is 2.32. The molecular weight excluding hydrogens is 234 g/mol. The SMILES string of the molecule is O=C(O)C1CCCC1C(=O)NCC1CCCCO1. The maximum Gasteiger partial charge on any atom is 0.307 e. The minimum Gasteiger partial charge on any atom is -0.481 e. The molecule has 2 fully saturated rings. The molecule has 1 heterocycles. The van der Waals surface area contributed by atoms with Crippen molar-refractivity contribution in [3.05, 3.63) is 0 Å². The molecule has 1 saturated heterocycles. The summed E-state index contributed by atoms with van der Waals surface area (Å²) in [7, 11) is 0. The number of carbonyl (C=O) groups is 2. The number of hydrogen-bond donors (Lipinski definition) is 2. The highest BCUT2D eigenvalue weighted by molar-refractivity contribution is 5.85. The number of carboxylic acid groups (broad SMARTS) is 1. The van der Waals surface area contributed by atoms with Crippen molar-refractivity contribution < 1.29 is 19.4 Å². The van der Waals surface area contributed by atoms with E-state index in [1.165, 1.54) is 0 Å². The molecule has 1 saturated carbocycles. The van der Waals surface area contributed by atoms with Crippen LogP contribution in [0.4, 0.5) is 0 Å². The zero-order valence-corrected chi connectivity index (χ0v) is 10.6. The van der Waals surface area contributed by atoms with Gasteiger partial charge in [-0.25, -0.2) is 0 Å². The van der Waals surface area contributed by atoms with Gasteiger partial charge in [0.05, 0.1) is 17.9 Å². The van der Waals surface area contributed by atoms with E-state index in [0.717, 1.165) is 32.3 Å². The van der Waals surface area contributed by atoms with Crippen LogP contribution < -0.4 is 5.32 Å². The van der Waals surface area contributed by atoms with Crippen LogP contribution in [0, 0.1) is 11.8 Å². The number of rotatable bonds is 4. The molecule has 0 aromatic heterocycles. The smallest absolute Gasteiger partial charge is 0.307 e. The van der Waals surface area contributed by atoms with Gasteiger partial charge in [-0.1, -0.05) is 6.42 Å². The first kappa shape index (κ1) is 13.3. The number of ether oxygens (including phenoxy) is 1. The predicted octanol–water partition coefficient (Wildman–Crippen LogP) is 1.17. The summed E-state index contributed by atoms with van der Waals surface area (Å²) in [5.74, 6) is -1.82. The molecule has 2 rings (SSSR count). The Bertz CT molecular complexity index is 312. The molecule has 0 bridgehead atoms. The van der Waals surface area contributed by atoms with Crippen molar-refractivity contribution in [3.8, 4) is 0 Å². The summed E-state index contributed by atoms with van der Waals surface area (Å²) >= 11 is 0. The van der Waals surface area contributed by atoms with Gasteiger partial charge in [-0.2, -0.15) is 0 Å². The van der Waals surface area contributed by atoms with E-state index >= 15 is 0 Å². The monoisotopic (exact) mass is 255 g/mol. The van der Waals surface area contributed by atoms with Gasteiger partial charge in [0, 0.05) is 13.2 Å². The van der Waals surface area contributed by atoms with Gasteiger partial charge >= 0.3 is 5.97 Å². The normalized spacial score (nSPS) is 32.1. The standard InChI is InChI=1S/C13H21NO4/c15-12(10-5-3-6-11(10)13(16)17)14-8-9-4-1-2-7-18-9/h9-11H,1-8H2,(H,14,15)(H,16,17). The predicted molar refractivity (Wildman–Crippen MR) is 65.1 cm³/mol. The molecule has 5 heteroatoms. The van der Waals surface area contributed by atoms with Gasteiger partial charge in [0.15, 0.2) is 0 Å². The lowest BCUT2D eigenvalue weighted by Crippen LogP contribution is -2.40. The highest BCUT2D eigenvalue weighted by Gasteiger charge is 2.37. The maximum absolute atomic E-state index is 12.0. The van der Waals surface area contributed by atoms with Crippen LogP contribution in [0.5, 0.6) is 0 Å². The lowest BCUT2D eigenvalue weighted by Gasteiger charge is -2.24. The van der Waals surface area contributed by atoms with E-state index in [-0.39, 0.29) is 17.9 Å². The summed E-state index contributed by atoms with van der Waals surface area (Å²) in [5, 5.41) is 11.9. The van der Waals surface area contributed by atoms with Crippen molar-refractivity contribution in [2.45, 2.75) is 44.6 Å². The van der Waals surface area contributed by atoms with Crippen molar-refractivity contribution >= 4 is 11.9 Å². The minimum atomic E-state index is -0.846. The summed E-state index contributed by atoms with van der Waals surface area (Å²) < 4.78 is 5.53. The van der Waals surface area contributed by atoms with Crippen LogP contribution in [-0.4, -0.2) is 36.2 Å². The first-order valence-electron chi connectivity index (χ1n) is 6.80. The Kier molecular flexibility index (Phi) is 4.58. The molecule has 3 atom stereocenters. The first-order chi connectivity index (χ1) is 8.68. The average molecular weight is 255 g/mol. The van der Waals surface area contributed by atoms with Gasteiger partial charge in [-0.15, -0.1) is 0 Å². The fraction of sp³-hybridized carbons (Fsp3) is 0.846. The van der Waals surface area contributed by atoms with E-state index in [2.05, 4.69) is 5.32 Å². The molecule has 1 amide bonds. The lowest BCUT2D eigenvalue weighted by molar-refractivity contribution is -0.146. The summed E-state index contributed by atoms with van der Waals surface area (Å²) in [5.41, 5.74) is 0. The van der Waals surface area contributed by atoms with Crippen LogP contribution in [-0.2, 0) is 14.3 Å². The second kappa shape index (κ2) is 6.18. The van der Waals surface area contributed by atoms with Gasteiger partial charge in [-0.05, 0) is 32.1 Å². The topological polar surface area (TPSA) is 75.6 Å². The van der Waals surface area contributed by atoms with Gasteiger partial charge < -0.3 is 15.2 Å². The number of carboxylic acids is 1. The van der Waals surface area contributed by atoms with E-state index in [9.17, 15) is 9.59 Å². The first-order valence-corrected chi connectivity index (χ1v) is 6.80. The Morgan fingerprint density at radius 2 is 1.89 bits per heavy atom.